The minimum Gasteiger partial charge on any atom is -0.396 e. The van der Waals surface area contributed by atoms with E-state index >= 15 is 0 Å². The molecule has 0 amide bonds. The van der Waals surface area contributed by atoms with Gasteiger partial charge in [-0.15, -0.1) is 0 Å². The zero-order valence-electron chi connectivity index (χ0n) is 9.99. The van der Waals surface area contributed by atoms with Gasteiger partial charge < -0.3 is 15.7 Å². The maximum absolute atomic E-state index is 8.68. The Kier molecular flexibility index (Phi) is 6.22. The Hall–Kier alpha value is -0.120. The van der Waals surface area contributed by atoms with Crippen molar-refractivity contribution >= 4 is 0 Å². The molecule has 0 bridgehead atoms. The molecule has 0 heterocycles. The second-order valence-corrected chi connectivity index (χ2v) is 4.85. The van der Waals surface area contributed by atoms with Crippen molar-refractivity contribution in [1.29, 1.82) is 0 Å². The lowest BCUT2D eigenvalue weighted by atomic mass is 9.90. The number of rotatable bonds is 6. The number of hydrogen-bond donors (Lipinski definition) is 2. The van der Waals surface area contributed by atoms with Crippen LogP contribution < -0.4 is 5.73 Å². The van der Waals surface area contributed by atoms with Crippen molar-refractivity contribution in [2.24, 2.45) is 5.73 Å². The molecular weight excluding hydrogens is 188 g/mol. The summed E-state index contributed by atoms with van der Waals surface area (Å²) in [7, 11) is 2.21. The van der Waals surface area contributed by atoms with Crippen LogP contribution in [0.15, 0.2) is 0 Å². The third-order valence-electron chi connectivity index (χ3n) is 3.48. The monoisotopic (exact) mass is 214 g/mol. The van der Waals surface area contributed by atoms with E-state index in [2.05, 4.69) is 11.9 Å². The lowest BCUT2D eigenvalue weighted by molar-refractivity contribution is 0.176. The van der Waals surface area contributed by atoms with Crippen molar-refractivity contribution in [3.63, 3.8) is 0 Å². The van der Waals surface area contributed by atoms with Gasteiger partial charge in [-0.3, -0.25) is 0 Å². The highest BCUT2D eigenvalue weighted by Gasteiger charge is 2.21. The third kappa shape index (κ3) is 4.96. The number of aliphatic hydroxyl groups excluding tert-OH is 1. The van der Waals surface area contributed by atoms with Gasteiger partial charge in [0.05, 0.1) is 0 Å². The van der Waals surface area contributed by atoms with Crippen LogP contribution >= 0.6 is 0 Å². The van der Waals surface area contributed by atoms with E-state index in [-0.39, 0.29) is 0 Å². The van der Waals surface area contributed by atoms with Gasteiger partial charge in [0.2, 0.25) is 0 Å². The minimum absolute atomic E-state index is 0.331. The number of hydrogen-bond acceptors (Lipinski definition) is 3. The second kappa shape index (κ2) is 7.20. The average molecular weight is 214 g/mol. The van der Waals surface area contributed by atoms with Crippen LogP contribution in [0.4, 0.5) is 0 Å². The van der Waals surface area contributed by atoms with Crippen molar-refractivity contribution in [2.45, 2.75) is 57.0 Å². The van der Waals surface area contributed by atoms with Crippen LogP contribution in [0, 0.1) is 0 Å². The van der Waals surface area contributed by atoms with E-state index in [1.165, 1.54) is 25.7 Å². The topological polar surface area (TPSA) is 49.5 Å². The van der Waals surface area contributed by atoms with Crippen molar-refractivity contribution in [1.82, 2.24) is 4.90 Å². The largest absolute Gasteiger partial charge is 0.396 e. The first-order valence-corrected chi connectivity index (χ1v) is 6.30. The molecule has 0 aromatic carbocycles. The van der Waals surface area contributed by atoms with Crippen LogP contribution in [-0.4, -0.2) is 42.3 Å². The van der Waals surface area contributed by atoms with Gasteiger partial charge in [-0.1, -0.05) is 6.42 Å². The molecule has 3 heteroatoms. The zero-order valence-corrected chi connectivity index (χ0v) is 9.99. The van der Waals surface area contributed by atoms with Crippen LogP contribution in [-0.2, 0) is 0 Å². The van der Waals surface area contributed by atoms with Gasteiger partial charge in [0, 0.05) is 18.7 Å². The first-order chi connectivity index (χ1) is 7.24. The lowest BCUT2D eigenvalue weighted by Crippen LogP contribution is -2.40. The molecule has 0 aliphatic heterocycles. The fourth-order valence-electron chi connectivity index (χ4n) is 2.43. The van der Waals surface area contributed by atoms with Gasteiger partial charge in [0.15, 0.2) is 0 Å². The Morgan fingerprint density at radius 3 is 2.73 bits per heavy atom. The molecule has 1 aliphatic rings. The average Bonchev–Trinajstić information content (AvgIpc) is 2.24. The molecule has 1 saturated carbocycles. The smallest absolute Gasteiger partial charge is 0.0431 e. The molecule has 15 heavy (non-hydrogen) atoms. The molecule has 0 saturated heterocycles. The summed E-state index contributed by atoms with van der Waals surface area (Å²) in [5.41, 5.74) is 5.98. The van der Waals surface area contributed by atoms with Crippen molar-refractivity contribution in [2.75, 3.05) is 20.2 Å². The van der Waals surface area contributed by atoms with E-state index in [1.807, 2.05) is 0 Å². The van der Waals surface area contributed by atoms with Crippen LogP contribution in [0.25, 0.3) is 0 Å². The summed E-state index contributed by atoms with van der Waals surface area (Å²) in [6.07, 6.45) is 8.24. The van der Waals surface area contributed by atoms with Crippen LogP contribution in [0.5, 0.6) is 0 Å². The molecule has 3 N–H and O–H groups in total. The molecule has 0 aromatic heterocycles. The highest BCUT2D eigenvalue weighted by molar-refractivity contribution is 4.80. The summed E-state index contributed by atoms with van der Waals surface area (Å²) >= 11 is 0. The second-order valence-electron chi connectivity index (χ2n) is 4.85. The van der Waals surface area contributed by atoms with Gasteiger partial charge in [-0.25, -0.2) is 0 Å². The first kappa shape index (κ1) is 12.9. The fourth-order valence-corrected chi connectivity index (χ4v) is 2.43. The van der Waals surface area contributed by atoms with Crippen LogP contribution in [0.2, 0.25) is 0 Å². The molecule has 2 unspecified atom stereocenters. The molecule has 0 aromatic rings. The quantitative estimate of drug-likeness (QED) is 0.656. The molecule has 1 fully saturated rings. The Balaban J connectivity index is 2.12. The summed E-state index contributed by atoms with van der Waals surface area (Å²) in [5, 5.41) is 8.68. The Bertz CT molecular complexity index is 164. The molecule has 2 atom stereocenters. The Morgan fingerprint density at radius 2 is 2.07 bits per heavy atom. The van der Waals surface area contributed by atoms with Crippen LogP contribution in [0.1, 0.15) is 44.9 Å². The van der Waals surface area contributed by atoms with Crippen LogP contribution in [0.3, 0.4) is 0 Å². The number of aliphatic hydroxyl groups is 1. The van der Waals surface area contributed by atoms with E-state index in [0.717, 1.165) is 25.8 Å². The van der Waals surface area contributed by atoms with E-state index in [0.29, 0.717) is 18.7 Å². The summed E-state index contributed by atoms with van der Waals surface area (Å²) < 4.78 is 0. The number of nitrogens with zero attached hydrogens (tertiary/aromatic N) is 1. The molecular formula is C12H26N2O. The van der Waals surface area contributed by atoms with Gasteiger partial charge >= 0.3 is 0 Å². The molecule has 0 radical (unpaired) electrons. The van der Waals surface area contributed by atoms with Gasteiger partial charge in [-0.05, 0) is 52.1 Å². The summed E-state index contributed by atoms with van der Waals surface area (Å²) in [4.78, 5) is 2.45. The standard InChI is InChI=1S/C12H26N2O/c1-14(8-3-2-4-9-15)12-7-5-6-11(13)10-12/h11-12,15H,2-10,13H2,1H3. The minimum atomic E-state index is 0.331. The van der Waals surface area contributed by atoms with Gasteiger partial charge in [-0.2, -0.15) is 0 Å². The van der Waals surface area contributed by atoms with Crippen molar-refractivity contribution < 1.29 is 5.11 Å². The molecule has 1 rings (SSSR count). The predicted molar refractivity (Wildman–Crippen MR) is 63.8 cm³/mol. The highest BCUT2D eigenvalue weighted by Crippen LogP contribution is 2.21. The maximum atomic E-state index is 8.68. The van der Waals surface area contributed by atoms with E-state index < -0.39 is 0 Å². The van der Waals surface area contributed by atoms with E-state index in [9.17, 15) is 0 Å². The van der Waals surface area contributed by atoms with Crippen molar-refractivity contribution in [3.8, 4) is 0 Å². The molecule has 0 spiro atoms. The predicted octanol–water partition coefficient (Wildman–Crippen LogP) is 1.35. The number of nitrogens with two attached hydrogens (primary N) is 1. The van der Waals surface area contributed by atoms with Gasteiger partial charge in [0.1, 0.15) is 0 Å². The van der Waals surface area contributed by atoms with E-state index in [4.69, 9.17) is 10.8 Å². The Labute approximate surface area is 93.6 Å². The molecule has 1 aliphatic carbocycles. The summed E-state index contributed by atoms with van der Waals surface area (Å²) in [6.45, 7) is 1.48. The fraction of sp³-hybridized carbons (Fsp3) is 1.00. The normalized spacial score (nSPS) is 27.2. The first-order valence-electron chi connectivity index (χ1n) is 6.30. The Morgan fingerprint density at radius 1 is 1.27 bits per heavy atom. The van der Waals surface area contributed by atoms with Gasteiger partial charge in [0.25, 0.3) is 0 Å². The number of unbranched alkanes of at least 4 members (excludes halogenated alkanes) is 2. The zero-order chi connectivity index (χ0) is 11.1. The maximum Gasteiger partial charge on any atom is 0.0431 e. The van der Waals surface area contributed by atoms with Crippen molar-refractivity contribution in [3.05, 3.63) is 0 Å². The lowest BCUT2D eigenvalue weighted by Gasteiger charge is -2.34. The SMILES string of the molecule is CN(CCCCCO)C1CCCC(N)C1. The summed E-state index contributed by atoms with van der Waals surface area (Å²) in [5.74, 6) is 0. The summed E-state index contributed by atoms with van der Waals surface area (Å²) in [6, 6.07) is 1.12. The molecule has 3 nitrogen and oxygen atoms in total. The van der Waals surface area contributed by atoms with E-state index in [1.54, 1.807) is 0 Å². The molecule has 90 valence electrons. The highest BCUT2D eigenvalue weighted by atomic mass is 16.2. The third-order valence-corrected chi connectivity index (χ3v) is 3.48.